The van der Waals surface area contributed by atoms with Crippen LogP contribution in [0.5, 0.6) is 0 Å². The molecule has 0 radical (unpaired) electrons. The third-order valence-electron chi connectivity index (χ3n) is 6.18. The highest BCUT2D eigenvalue weighted by Crippen LogP contribution is 2.24. The van der Waals surface area contributed by atoms with Crippen molar-refractivity contribution in [3.8, 4) is 0 Å². The second kappa shape index (κ2) is 7.81. The highest BCUT2D eigenvalue weighted by Gasteiger charge is 2.33. The number of fused-ring (bicyclic) bond motifs is 2. The molecule has 162 valence electrons. The number of para-hydroxylation sites is 1. The second-order valence-corrected chi connectivity index (χ2v) is 8.40. The number of likely N-dealkylation sites (tertiary alicyclic amines) is 1. The van der Waals surface area contributed by atoms with Gasteiger partial charge in [0.1, 0.15) is 11.9 Å². The van der Waals surface area contributed by atoms with Crippen LogP contribution < -0.4 is 5.32 Å². The Balaban J connectivity index is 1.27. The fraction of sp³-hybridized carbons (Fsp3) is 0.409. The van der Waals surface area contributed by atoms with E-state index in [-0.39, 0.29) is 18.4 Å². The Labute approximate surface area is 179 Å². The van der Waals surface area contributed by atoms with Crippen molar-refractivity contribution >= 4 is 28.5 Å². The van der Waals surface area contributed by atoms with E-state index in [4.69, 9.17) is 0 Å². The lowest BCUT2D eigenvalue weighted by Crippen LogP contribution is -2.44. The number of H-pyrrole nitrogens is 1. The normalized spacial score (nSPS) is 21.8. The molecule has 1 fully saturated rings. The van der Waals surface area contributed by atoms with Gasteiger partial charge in [-0.3, -0.25) is 14.3 Å². The van der Waals surface area contributed by atoms with E-state index in [0.717, 1.165) is 16.6 Å². The minimum Gasteiger partial charge on any atom is -0.351 e. The molecule has 0 bridgehead atoms. The average molecular weight is 424 g/mol. The van der Waals surface area contributed by atoms with E-state index in [0.29, 0.717) is 44.1 Å². The number of benzene rings is 1. The van der Waals surface area contributed by atoms with Crippen molar-refractivity contribution in [1.29, 1.82) is 0 Å². The zero-order valence-electron chi connectivity index (χ0n) is 17.3. The summed E-state index contributed by atoms with van der Waals surface area (Å²) < 4.78 is 16.1. The van der Waals surface area contributed by atoms with Crippen LogP contribution in [0.15, 0.2) is 36.4 Å². The highest BCUT2D eigenvalue weighted by molar-refractivity contribution is 5.98. The molecule has 31 heavy (non-hydrogen) atoms. The maximum atomic E-state index is 14.3. The van der Waals surface area contributed by atoms with Gasteiger partial charge in [0.25, 0.3) is 5.91 Å². The molecule has 0 spiro atoms. The molecular weight excluding hydrogens is 399 g/mol. The van der Waals surface area contributed by atoms with Gasteiger partial charge in [-0.25, -0.2) is 4.39 Å². The van der Waals surface area contributed by atoms with Crippen LogP contribution in [-0.4, -0.2) is 69.2 Å². The first-order valence-corrected chi connectivity index (χ1v) is 10.5. The molecule has 8 nitrogen and oxygen atoms in total. The van der Waals surface area contributed by atoms with Gasteiger partial charge in [0.05, 0.1) is 24.7 Å². The summed E-state index contributed by atoms with van der Waals surface area (Å²) in [7, 11) is 1.85. The summed E-state index contributed by atoms with van der Waals surface area (Å²) in [5, 5.41) is 8.20. The smallest absolute Gasteiger partial charge is 0.270 e. The van der Waals surface area contributed by atoms with E-state index in [9.17, 15) is 14.0 Å². The van der Waals surface area contributed by atoms with Gasteiger partial charge in [-0.15, -0.1) is 0 Å². The predicted octanol–water partition coefficient (Wildman–Crippen LogP) is 2.25. The molecule has 0 saturated carbocycles. The molecule has 1 aromatic carbocycles. The van der Waals surface area contributed by atoms with Gasteiger partial charge in [-0.2, -0.15) is 5.10 Å². The number of carbonyl (C=O) groups is 2. The van der Waals surface area contributed by atoms with Crippen LogP contribution in [0.25, 0.3) is 10.9 Å². The molecule has 2 unspecified atom stereocenters. The standard InChI is InChI=1S/C22H25FN6O2/c1-27-7-6-16(17(23)13-27)21(30)25-20-11-15-12-28(8-9-29(15)26-20)22(31)19-10-14-4-2-3-5-18(14)24-19/h2-5,10-11,16-17,24H,6-9,12-13H2,1H3,(H,25,26,30). The number of hydrogen-bond donors (Lipinski definition) is 2. The monoisotopic (exact) mass is 424 g/mol. The number of anilines is 1. The van der Waals surface area contributed by atoms with Crippen LogP contribution in [0.2, 0.25) is 0 Å². The van der Waals surface area contributed by atoms with Crippen LogP contribution in [-0.2, 0) is 17.9 Å². The Morgan fingerprint density at radius 3 is 2.84 bits per heavy atom. The zero-order chi connectivity index (χ0) is 21.5. The van der Waals surface area contributed by atoms with Crippen molar-refractivity contribution in [2.45, 2.75) is 25.7 Å². The minimum atomic E-state index is -1.18. The van der Waals surface area contributed by atoms with Crippen LogP contribution in [0.4, 0.5) is 10.2 Å². The predicted molar refractivity (Wildman–Crippen MR) is 114 cm³/mol. The van der Waals surface area contributed by atoms with Crippen LogP contribution >= 0.6 is 0 Å². The molecular formula is C22H25FN6O2. The molecule has 2 aliphatic rings. The van der Waals surface area contributed by atoms with Crippen molar-refractivity contribution < 1.29 is 14.0 Å². The lowest BCUT2D eigenvalue weighted by atomic mass is 9.94. The number of halogens is 1. The molecule has 2 amide bonds. The largest absolute Gasteiger partial charge is 0.351 e. The van der Waals surface area contributed by atoms with E-state index in [1.807, 2.05) is 42.3 Å². The SMILES string of the molecule is CN1CCC(C(=O)Nc2cc3n(n2)CCN(C(=O)c2cc4ccccc4[nH]2)C3)C(F)C1. The number of amides is 2. The third-order valence-corrected chi connectivity index (χ3v) is 6.18. The number of rotatable bonds is 3. The van der Waals surface area contributed by atoms with Gasteiger partial charge in [-0.05, 0) is 32.1 Å². The number of hydrogen-bond acceptors (Lipinski definition) is 4. The fourth-order valence-corrected chi connectivity index (χ4v) is 4.43. The second-order valence-electron chi connectivity index (χ2n) is 8.40. The zero-order valence-corrected chi connectivity index (χ0v) is 17.3. The first kappa shape index (κ1) is 19.7. The molecule has 9 heteroatoms. The molecule has 2 N–H and O–H groups in total. The number of carbonyl (C=O) groups excluding carboxylic acids is 2. The number of aromatic nitrogens is 3. The Morgan fingerprint density at radius 2 is 2.03 bits per heavy atom. The number of piperidine rings is 1. The summed E-state index contributed by atoms with van der Waals surface area (Å²) in [6.07, 6.45) is -0.690. The summed E-state index contributed by atoms with van der Waals surface area (Å²) in [5.74, 6) is -0.649. The summed E-state index contributed by atoms with van der Waals surface area (Å²) in [5.41, 5.74) is 2.32. The maximum Gasteiger partial charge on any atom is 0.270 e. The molecule has 2 atom stereocenters. The topological polar surface area (TPSA) is 86.3 Å². The van der Waals surface area contributed by atoms with Gasteiger partial charge in [0.2, 0.25) is 5.91 Å². The fourth-order valence-electron chi connectivity index (χ4n) is 4.43. The van der Waals surface area contributed by atoms with E-state index < -0.39 is 12.1 Å². The Kier molecular flexibility index (Phi) is 4.97. The summed E-state index contributed by atoms with van der Waals surface area (Å²) in [4.78, 5) is 32.4. The third kappa shape index (κ3) is 3.81. The molecule has 1 saturated heterocycles. The van der Waals surface area contributed by atoms with Crippen LogP contribution in [0.1, 0.15) is 22.6 Å². The quantitative estimate of drug-likeness (QED) is 0.675. The highest BCUT2D eigenvalue weighted by atomic mass is 19.1. The Hall–Kier alpha value is -3.20. The molecule has 3 aromatic rings. The van der Waals surface area contributed by atoms with Gasteiger partial charge >= 0.3 is 0 Å². The molecule has 0 aliphatic carbocycles. The van der Waals surface area contributed by atoms with Crippen molar-refractivity contribution in [3.63, 3.8) is 0 Å². The molecule has 4 heterocycles. The van der Waals surface area contributed by atoms with E-state index in [1.54, 1.807) is 15.6 Å². The van der Waals surface area contributed by atoms with E-state index in [2.05, 4.69) is 15.4 Å². The summed E-state index contributed by atoms with van der Waals surface area (Å²) in [6.45, 7) is 2.43. The van der Waals surface area contributed by atoms with Gasteiger partial charge in [0, 0.05) is 30.1 Å². The van der Waals surface area contributed by atoms with Crippen molar-refractivity contribution in [2.75, 3.05) is 32.0 Å². The van der Waals surface area contributed by atoms with Crippen LogP contribution in [0, 0.1) is 5.92 Å². The van der Waals surface area contributed by atoms with Gasteiger partial charge in [0.15, 0.2) is 5.82 Å². The van der Waals surface area contributed by atoms with Crippen molar-refractivity contribution in [2.24, 2.45) is 5.92 Å². The average Bonchev–Trinajstić information content (AvgIpc) is 3.35. The minimum absolute atomic E-state index is 0.0687. The first-order chi connectivity index (χ1) is 15.0. The number of alkyl halides is 1. The summed E-state index contributed by atoms with van der Waals surface area (Å²) in [6, 6.07) is 11.4. The summed E-state index contributed by atoms with van der Waals surface area (Å²) >= 11 is 0. The van der Waals surface area contributed by atoms with Crippen molar-refractivity contribution in [1.82, 2.24) is 24.6 Å². The van der Waals surface area contributed by atoms with E-state index >= 15 is 0 Å². The lowest BCUT2D eigenvalue weighted by molar-refractivity contribution is -0.123. The van der Waals surface area contributed by atoms with E-state index in [1.165, 1.54) is 0 Å². The molecule has 5 rings (SSSR count). The molecule has 2 aromatic heterocycles. The van der Waals surface area contributed by atoms with Crippen molar-refractivity contribution in [3.05, 3.63) is 47.8 Å². The number of aromatic amines is 1. The Bertz CT molecular complexity index is 1110. The maximum absolute atomic E-state index is 14.3. The van der Waals surface area contributed by atoms with Gasteiger partial charge < -0.3 is 20.1 Å². The van der Waals surface area contributed by atoms with Crippen LogP contribution in [0.3, 0.4) is 0 Å². The first-order valence-electron chi connectivity index (χ1n) is 10.5. The lowest BCUT2D eigenvalue weighted by Gasteiger charge is -2.31. The molecule has 2 aliphatic heterocycles. The Morgan fingerprint density at radius 1 is 1.19 bits per heavy atom. The number of nitrogens with zero attached hydrogens (tertiary/aromatic N) is 4. The number of nitrogens with one attached hydrogen (secondary N) is 2. The van der Waals surface area contributed by atoms with Gasteiger partial charge in [-0.1, -0.05) is 18.2 Å².